The van der Waals surface area contributed by atoms with Gasteiger partial charge in [0.1, 0.15) is 18.2 Å². The Balaban J connectivity index is 0.947. The van der Waals surface area contributed by atoms with Crippen molar-refractivity contribution in [3.05, 3.63) is 141 Å². The van der Waals surface area contributed by atoms with E-state index >= 15 is 4.39 Å². The fourth-order valence-electron chi connectivity index (χ4n) is 7.23. The predicted octanol–water partition coefficient (Wildman–Crippen LogP) is 4.98. The summed E-state index contributed by atoms with van der Waals surface area (Å²) < 4.78 is 24.5. The number of rotatable bonds is 9. The summed E-state index contributed by atoms with van der Waals surface area (Å²) in [6.45, 7) is 5.86. The highest BCUT2D eigenvalue weighted by Crippen LogP contribution is 2.32. The molecule has 14 heteroatoms. The first-order chi connectivity index (χ1) is 26.5. The molecular weight excluding hydrogens is 702 g/mol. The highest BCUT2D eigenvalue weighted by atomic mass is 19.1. The molecule has 5 heterocycles. The minimum absolute atomic E-state index is 0.00274. The first-order valence-corrected chi connectivity index (χ1v) is 17.9. The summed E-state index contributed by atoms with van der Waals surface area (Å²) in [6.07, 6.45) is 5.54. The van der Waals surface area contributed by atoms with Crippen LogP contribution < -0.4 is 20.8 Å². The van der Waals surface area contributed by atoms with E-state index in [2.05, 4.69) is 30.3 Å². The summed E-state index contributed by atoms with van der Waals surface area (Å²) in [6, 6.07) is 22.7. The van der Waals surface area contributed by atoms with Crippen LogP contribution in [0.1, 0.15) is 35.5 Å². The number of nitrogens with zero attached hydrogens (tertiary/aromatic N) is 8. The number of aromatic nitrogens is 7. The van der Waals surface area contributed by atoms with E-state index in [-0.39, 0.29) is 35.7 Å². The van der Waals surface area contributed by atoms with Crippen molar-refractivity contribution in [1.29, 1.82) is 0 Å². The van der Waals surface area contributed by atoms with Gasteiger partial charge in [-0.3, -0.25) is 24.0 Å². The lowest BCUT2D eigenvalue weighted by atomic mass is 9.95. The number of aromatic amines is 1. The topological polar surface area (TPSA) is 144 Å². The fourth-order valence-corrected chi connectivity index (χ4v) is 7.23. The van der Waals surface area contributed by atoms with Crippen LogP contribution in [0.3, 0.4) is 0 Å². The molecule has 278 valence electrons. The zero-order chi connectivity index (χ0) is 38.3. The Kier molecular flexibility index (Phi) is 9.17. The first-order valence-electron chi connectivity index (χ1n) is 17.9. The highest BCUT2D eigenvalue weighted by Gasteiger charge is 2.38. The Morgan fingerprint density at radius 1 is 0.964 bits per heavy atom. The number of carbonyl (C=O) groups is 1. The maximum atomic E-state index is 15.3. The van der Waals surface area contributed by atoms with Gasteiger partial charge in [0, 0.05) is 73.6 Å². The number of halogens is 1. The van der Waals surface area contributed by atoms with Gasteiger partial charge in [0.25, 0.3) is 17.0 Å². The van der Waals surface area contributed by atoms with Gasteiger partial charge < -0.3 is 14.5 Å². The maximum Gasteiger partial charge on any atom is 0.272 e. The molecule has 0 spiro atoms. The van der Waals surface area contributed by atoms with Crippen molar-refractivity contribution in [3.8, 4) is 17.0 Å². The van der Waals surface area contributed by atoms with Gasteiger partial charge in [-0.25, -0.2) is 14.2 Å². The molecule has 0 unspecified atom stereocenters. The number of hydrogen-bond donors (Lipinski definition) is 1. The van der Waals surface area contributed by atoms with Crippen LogP contribution >= 0.6 is 0 Å². The minimum atomic E-state index is -0.637. The van der Waals surface area contributed by atoms with E-state index in [0.717, 1.165) is 22.2 Å². The van der Waals surface area contributed by atoms with Crippen molar-refractivity contribution in [3.63, 3.8) is 0 Å². The molecule has 1 N–H and O–H groups in total. The van der Waals surface area contributed by atoms with Gasteiger partial charge in [0.2, 0.25) is 0 Å². The number of pyridine rings is 1. The summed E-state index contributed by atoms with van der Waals surface area (Å²) in [4.78, 5) is 47.3. The number of amides is 1. The number of carbonyl (C=O) groups excluding carboxylic acids is 1. The number of ether oxygens (including phenoxy) is 1. The monoisotopic (exact) mass is 739 g/mol. The highest BCUT2D eigenvalue weighted by molar-refractivity contribution is 5.95. The molecule has 4 aromatic heterocycles. The summed E-state index contributed by atoms with van der Waals surface area (Å²) in [5.74, 6) is -0.337. The lowest BCUT2D eigenvalue weighted by Gasteiger charge is -2.48. The van der Waals surface area contributed by atoms with E-state index in [1.54, 1.807) is 58.4 Å². The molecule has 1 aliphatic rings. The number of aryl methyl sites for hydroxylation is 1. The van der Waals surface area contributed by atoms with Gasteiger partial charge in [-0.15, -0.1) is 0 Å². The third-order valence-electron chi connectivity index (χ3n) is 10.0. The zero-order valence-corrected chi connectivity index (χ0v) is 30.6. The molecule has 13 nitrogen and oxygen atoms in total. The van der Waals surface area contributed by atoms with Crippen LogP contribution in [-0.4, -0.2) is 77.3 Å². The Hall–Kier alpha value is -6.70. The second kappa shape index (κ2) is 14.3. The van der Waals surface area contributed by atoms with Crippen molar-refractivity contribution >= 4 is 33.3 Å². The standard InChI is InChI=1S/C41H38FN9O4/c1-41(2)25-49(16-17-50(41)40(54)32-20-26(8-11-33(32)42)21-36-29-6-4-5-7-30(29)39(53)46-45-36)28-9-10-31-35(22-28)43-15-14-37(31)55-19-18-51-38(52)13-12-34(47-51)27-23-44-48(3)24-27/h4-15,20,22-24H,16-19,21,25H2,1-3H3,(H,46,53). The van der Waals surface area contributed by atoms with Gasteiger partial charge in [0.15, 0.2) is 0 Å². The summed E-state index contributed by atoms with van der Waals surface area (Å²) in [5.41, 5.74) is 3.34. The van der Waals surface area contributed by atoms with Crippen LogP contribution in [0.5, 0.6) is 5.75 Å². The Labute approximate surface area is 314 Å². The Bertz CT molecular complexity index is 2700. The second-order valence-corrected chi connectivity index (χ2v) is 14.3. The molecule has 0 saturated carbocycles. The van der Waals surface area contributed by atoms with E-state index in [4.69, 9.17) is 4.74 Å². The van der Waals surface area contributed by atoms with Crippen molar-refractivity contribution < 1.29 is 13.9 Å². The molecule has 1 amide bonds. The van der Waals surface area contributed by atoms with Gasteiger partial charge in [0.05, 0.1) is 46.1 Å². The van der Waals surface area contributed by atoms with Crippen molar-refractivity contribution in [2.45, 2.75) is 32.4 Å². The van der Waals surface area contributed by atoms with Gasteiger partial charge in [-0.2, -0.15) is 15.3 Å². The van der Waals surface area contributed by atoms with E-state index in [0.29, 0.717) is 59.5 Å². The van der Waals surface area contributed by atoms with E-state index in [9.17, 15) is 14.4 Å². The first kappa shape index (κ1) is 35.3. The van der Waals surface area contributed by atoms with Gasteiger partial charge >= 0.3 is 0 Å². The maximum absolute atomic E-state index is 15.3. The van der Waals surface area contributed by atoms with Crippen LogP contribution in [0.2, 0.25) is 0 Å². The lowest BCUT2D eigenvalue weighted by Crippen LogP contribution is -2.61. The average molecular weight is 740 g/mol. The summed E-state index contributed by atoms with van der Waals surface area (Å²) in [5, 5.41) is 17.5. The number of fused-ring (bicyclic) bond motifs is 2. The lowest BCUT2D eigenvalue weighted by molar-refractivity contribution is 0.0509. The number of nitrogens with one attached hydrogen (secondary N) is 1. The third kappa shape index (κ3) is 7.05. The quantitative estimate of drug-likeness (QED) is 0.217. The molecule has 3 aromatic carbocycles. The molecule has 8 rings (SSSR count). The predicted molar refractivity (Wildman–Crippen MR) is 207 cm³/mol. The summed E-state index contributed by atoms with van der Waals surface area (Å²) in [7, 11) is 1.82. The number of benzene rings is 3. The molecule has 1 fully saturated rings. The average Bonchev–Trinajstić information content (AvgIpc) is 3.62. The van der Waals surface area contributed by atoms with Crippen LogP contribution in [0, 0.1) is 5.82 Å². The molecule has 0 bridgehead atoms. The fraction of sp³-hybridized carbons (Fsp3) is 0.244. The summed E-state index contributed by atoms with van der Waals surface area (Å²) >= 11 is 0. The number of anilines is 1. The zero-order valence-electron chi connectivity index (χ0n) is 30.6. The van der Waals surface area contributed by atoms with Crippen molar-refractivity contribution in [1.82, 2.24) is 39.6 Å². The van der Waals surface area contributed by atoms with Crippen molar-refractivity contribution in [2.24, 2.45) is 7.05 Å². The Morgan fingerprint density at radius 2 is 1.80 bits per heavy atom. The van der Waals surface area contributed by atoms with Crippen molar-refractivity contribution in [2.75, 3.05) is 31.1 Å². The van der Waals surface area contributed by atoms with E-state index in [1.807, 2.05) is 57.4 Å². The van der Waals surface area contributed by atoms with Crippen LogP contribution in [-0.2, 0) is 20.0 Å². The smallest absolute Gasteiger partial charge is 0.272 e. The van der Waals surface area contributed by atoms with Crippen LogP contribution in [0.25, 0.3) is 32.9 Å². The van der Waals surface area contributed by atoms with E-state index in [1.165, 1.54) is 16.8 Å². The molecule has 55 heavy (non-hydrogen) atoms. The number of hydrogen-bond acceptors (Lipinski definition) is 9. The largest absolute Gasteiger partial charge is 0.491 e. The molecule has 7 aromatic rings. The number of piperazine rings is 1. The normalized spacial score (nSPS) is 14.1. The van der Waals surface area contributed by atoms with Crippen LogP contribution in [0.4, 0.5) is 10.1 Å². The molecule has 1 aliphatic heterocycles. The molecule has 0 aliphatic carbocycles. The van der Waals surface area contributed by atoms with Gasteiger partial charge in [-0.1, -0.05) is 24.3 Å². The third-order valence-corrected chi connectivity index (χ3v) is 10.0. The molecular formula is C41H38FN9O4. The minimum Gasteiger partial charge on any atom is -0.491 e. The Morgan fingerprint density at radius 3 is 2.60 bits per heavy atom. The molecule has 1 saturated heterocycles. The molecule has 0 atom stereocenters. The number of H-pyrrole nitrogens is 1. The van der Waals surface area contributed by atoms with Crippen LogP contribution in [0.15, 0.2) is 107 Å². The SMILES string of the molecule is Cn1cc(-c2ccc(=O)n(CCOc3ccnc4cc(N5CCN(C(=O)c6cc(Cc7n[nH]c(=O)c8ccccc78)ccc6F)C(C)(C)C5)ccc34)n2)cn1. The second-order valence-electron chi connectivity index (χ2n) is 14.3. The van der Waals surface area contributed by atoms with E-state index < -0.39 is 11.4 Å². The molecule has 0 radical (unpaired) electrons. The van der Waals surface area contributed by atoms with Gasteiger partial charge in [-0.05, 0) is 67.9 Å².